The summed E-state index contributed by atoms with van der Waals surface area (Å²) < 4.78 is 16.2. The van der Waals surface area contributed by atoms with Crippen molar-refractivity contribution in [3.05, 3.63) is 70.8 Å². The molecular formula is C26H34O4. The van der Waals surface area contributed by atoms with Gasteiger partial charge in [0.15, 0.2) is 6.29 Å². The molecule has 2 aromatic carbocycles. The standard InChI is InChI=1S/C26H34O4/c1-28-26(27)24-15-7-13-23(20-24)10-3-2-9-21-11-6-12-22(19-21)14-8-18-30-25-16-4-5-17-29-25/h6-7,11-13,15,19-20,25H,2-5,8-10,14,16-18H2,1H3. The molecule has 0 N–H and O–H groups in total. The van der Waals surface area contributed by atoms with Crippen molar-refractivity contribution in [1.29, 1.82) is 0 Å². The predicted molar refractivity (Wildman–Crippen MR) is 119 cm³/mol. The molecule has 1 aliphatic rings. The molecule has 0 saturated carbocycles. The second-order valence-electron chi connectivity index (χ2n) is 7.99. The predicted octanol–water partition coefficient (Wildman–Crippen LogP) is 5.51. The third-order valence-corrected chi connectivity index (χ3v) is 5.57. The zero-order valence-electron chi connectivity index (χ0n) is 18.1. The maximum atomic E-state index is 11.7. The van der Waals surface area contributed by atoms with Crippen molar-refractivity contribution >= 4 is 5.97 Å². The molecule has 0 spiro atoms. The molecule has 0 radical (unpaired) electrons. The zero-order valence-corrected chi connectivity index (χ0v) is 18.1. The van der Waals surface area contributed by atoms with E-state index < -0.39 is 0 Å². The highest BCUT2D eigenvalue weighted by Gasteiger charge is 2.13. The molecule has 162 valence electrons. The molecule has 1 saturated heterocycles. The Morgan fingerprint density at radius 2 is 1.60 bits per heavy atom. The monoisotopic (exact) mass is 410 g/mol. The lowest BCUT2D eigenvalue weighted by Gasteiger charge is -2.22. The average Bonchev–Trinajstić information content (AvgIpc) is 2.80. The van der Waals surface area contributed by atoms with E-state index in [4.69, 9.17) is 14.2 Å². The minimum atomic E-state index is -0.273. The second-order valence-corrected chi connectivity index (χ2v) is 7.99. The third kappa shape index (κ3) is 7.58. The number of carbonyl (C=O) groups excluding carboxylic acids is 1. The lowest BCUT2D eigenvalue weighted by atomic mass is 10.00. The maximum absolute atomic E-state index is 11.7. The SMILES string of the molecule is COC(=O)c1cccc(CCCCc2cccc(CCCOC3CCCCO3)c2)c1. The molecule has 1 aliphatic heterocycles. The van der Waals surface area contributed by atoms with Gasteiger partial charge in [-0.1, -0.05) is 36.4 Å². The molecule has 30 heavy (non-hydrogen) atoms. The van der Waals surface area contributed by atoms with E-state index in [0.29, 0.717) is 5.56 Å². The summed E-state index contributed by atoms with van der Waals surface area (Å²) in [5.41, 5.74) is 4.59. The molecule has 0 aromatic heterocycles. The van der Waals surface area contributed by atoms with Crippen LogP contribution >= 0.6 is 0 Å². The molecule has 1 unspecified atom stereocenters. The first-order valence-electron chi connectivity index (χ1n) is 11.2. The van der Waals surface area contributed by atoms with Gasteiger partial charge in [0.2, 0.25) is 0 Å². The van der Waals surface area contributed by atoms with Crippen LogP contribution in [0.1, 0.15) is 65.6 Å². The summed E-state index contributed by atoms with van der Waals surface area (Å²) >= 11 is 0. The average molecular weight is 411 g/mol. The summed E-state index contributed by atoms with van der Waals surface area (Å²) in [5.74, 6) is -0.273. The van der Waals surface area contributed by atoms with E-state index >= 15 is 0 Å². The van der Waals surface area contributed by atoms with Crippen molar-refractivity contribution in [3.8, 4) is 0 Å². The van der Waals surface area contributed by atoms with Crippen LogP contribution in [0.5, 0.6) is 0 Å². The summed E-state index contributed by atoms with van der Waals surface area (Å²) in [5, 5.41) is 0. The van der Waals surface area contributed by atoms with Crippen molar-refractivity contribution in [2.45, 2.75) is 64.1 Å². The molecule has 4 heteroatoms. The van der Waals surface area contributed by atoms with E-state index in [9.17, 15) is 4.79 Å². The van der Waals surface area contributed by atoms with Gasteiger partial charge in [-0.15, -0.1) is 0 Å². The fraction of sp³-hybridized carbons (Fsp3) is 0.500. The number of hydrogen-bond acceptors (Lipinski definition) is 4. The van der Waals surface area contributed by atoms with Gasteiger partial charge in [0.05, 0.1) is 19.3 Å². The highest BCUT2D eigenvalue weighted by atomic mass is 16.7. The number of benzene rings is 2. The van der Waals surface area contributed by atoms with Crippen molar-refractivity contribution in [2.24, 2.45) is 0 Å². The van der Waals surface area contributed by atoms with Gasteiger partial charge in [0.1, 0.15) is 0 Å². The first-order chi connectivity index (χ1) is 14.7. The van der Waals surface area contributed by atoms with Gasteiger partial charge >= 0.3 is 5.97 Å². The van der Waals surface area contributed by atoms with E-state index in [1.54, 1.807) is 6.07 Å². The number of ether oxygens (including phenoxy) is 3. The van der Waals surface area contributed by atoms with Crippen LogP contribution in [0, 0.1) is 0 Å². The van der Waals surface area contributed by atoms with E-state index in [1.165, 1.54) is 30.2 Å². The lowest BCUT2D eigenvalue weighted by molar-refractivity contribution is -0.162. The third-order valence-electron chi connectivity index (χ3n) is 5.57. The quantitative estimate of drug-likeness (QED) is 0.362. The van der Waals surface area contributed by atoms with Crippen LogP contribution in [-0.4, -0.2) is 32.6 Å². The van der Waals surface area contributed by atoms with Gasteiger partial charge in [0.25, 0.3) is 0 Å². The maximum Gasteiger partial charge on any atom is 0.337 e. The Hall–Kier alpha value is -2.17. The number of aryl methyl sites for hydroxylation is 3. The zero-order chi connectivity index (χ0) is 21.0. The van der Waals surface area contributed by atoms with E-state index in [1.807, 2.05) is 12.1 Å². The van der Waals surface area contributed by atoms with Crippen LogP contribution in [0.25, 0.3) is 0 Å². The highest BCUT2D eigenvalue weighted by molar-refractivity contribution is 5.89. The van der Waals surface area contributed by atoms with Crippen LogP contribution in [0.15, 0.2) is 48.5 Å². The number of methoxy groups -OCH3 is 1. The number of hydrogen-bond donors (Lipinski definition) is 0. The van der Waals surface area contributed by atoms with Crippen molar-refractivity contribution in [2.75, 3.05) is 20.3 Å². The topological polar surface area (TPSA) is 44.8 Å². The smallest absolute Gasteiger partial charge is 0.337 e. The molecule has 2 aromatic rings. The molecule has 1 fully saturated rings. The Morgan fingerprint density at radius 1 is 0.933 bits per heavy atom. The summed E-state index contributed by atoms with van der Waals surface area (Å²) in [4.78, 5) is 11.7. The van der Waals surface area contributed by atoms with Crippen LogP contribution in [-0.2, 0) is 33.5 Å². The molecule has 4 nitrogen and oxygen atoms in total. The molecule has 1 heterocycles. The van der Waals surface area contributed by atoms with E-state index in [-0.39, 0.29) is 12.3 Å². The Bertz CT molecular complexity index is 780. The summed E-state index contributed by atoms with van der Waals surface area (Å²) in [6, 6.07) is 16.7. The molecular weight excluding hydrogens is 376 g/mol. The van der Waals surface area contributed by atoms with Crippen LogP contribution in [0.4, 0.5) is 0 Å². The van der Waals surface area contributed by atoms with Gasteiger partial charge in [-0.25, -0.2) is 4.79 Å². The highest BCUT2D eigenvalue weighted by Crippen LogP contribution is 2.16. The fourth-order valence-corrected chi connectivity index (χ4v) is 3.90. The normalized spacial score (nSPS) is 16.4. The summed E-state index contributed by atoms with van der Waals surface area (Å²) in [6.07, 6.45) is 9.78. The summed E-state index contributed by atoms with van der Waals surface area (Å²) in [7, 11) is 1.42. The van der Waals surface area contributed by atoms with Gasteiger partial charge in [-0.2, -0.15) is 0 Å². The summed E-state index contributed by atoms with van der Waals surface area (Å²) in [6.45, 7) is 1.60. The second kappa shape index (κ2) is 12.5. The molecule has 0 amide bonds. The van der Waals surface area contributed by atoms with Crippen molar-refractivity contribution in [3.63, 3.8) is 0 Å². The van der Waals surface area contributed by atoms with E-state index in [0.717, 1.165) is 64.6 Å². The molecule has 0 bridgehead atoms. The van der Waals surface area contributed by atoms with E-state index in [2.05, 4.69) is 30.3 Å². The number of unbranched alkanes of at least 4 members (excludes halogenated alkanes) is 1. The van der Waals surface area contributed by atoms with Gasteiger partial charge in [-0.05, 0) is 86.6 Å². The minimum absolute atomic E-state index is 0.0124. The van der Waals surface area contributed by atoms with Crippen LogP contribution < -0.4 is 0 Å². The number of carbonyl (C=O) groups is 1. The largest absolute Gasteiger partial charge is 0.465 e. The Kier molecular flexibility index (Phi) is 9.39. The van der Waals surface area contributed by atoms with Gasteiger partial charge in [0, 0.05) is 6.61 Å². The molecule has 0 aliphatic carbocycles. The van der Waals surface area contributed by atoms with Gasteiger partial charge in [-0.3, -0.25) is 0 Å². The minimum Gasteiger partial charge on any atom is -0.465 e. The van der Waals surface area contributed by atoms with Crippen molar-refractivity contribution in [1.82, 2.24) is 0 Å². The lowest BCUT2D eigenvalue weighted by Crippen LogP contribution is -2.22. The Balaban J connectivity index is 1.35. The number of esters is 1. The first kappa shape index (κ1) is 22.5. The molecule has 1 atom stereocenters. The van der Waals surface area contributed by atoms with Gasteiger partial charge < -0.3 is 14.2 Å². The first-order valence-corrected chi connectivity index (χ1v) is 11.2. The van der Waals surface area contributed by atoms with Crippen LogP contribution in [0.3, 0.4) is 0 Å². The molecule has 3 rings (SSSR count). The Labute approximate surface area is 180 Å². The fourth-order valence-electron chi connectivity index (χ4n) is 3.90. The van der Waals surface area contributed by atoms with Crippen LogP contribution in [0.2, 0.25) is 0 Å². The van der Waals surface area contributed by atoms with Crippen molar-refractivity contribution < 1.29 is 19.0 Å². The number of rotatable bonds is 11. The Morgan fingerprint density at radius 3 is 2.27 bits per heavy atom.